The summed E-state index contributed by atoms with van der Waals surface area (Å²) in [4.78, 5) is 17.4. The maximum absolute atomic E-state index is 8.92. The van der Waals surface area contributed by atoms with Gasteiger partial charge in [0.15, 0.2) is 5.65 Å². The number of pyridine rings is 1. The van der Waals surface area contributed by atoms with E-state index in [1.807, 2.05) is 36.5 Å². The quantitative estimate of drug-likeness (QED) is 0.119. The zero-order valence-electron chi connectivity index (χ0n) is 19.9. The van der Waals surface area contributed by atoms with Crippen molar-refractivity contribution in [2.75, 3.05) is 17.2 Å². The van der Waals surface area contributed by atoms with Crippen LogP contribution in [0.5, 0.6) is 0 Å². The van der Waals surface area contributed by atoms with Gasteiger partial charge in [-0.25, -0.2) is 15.0 Å². The lowest BCUT2D eigenvalue weighted by atomic mass is 10.1. The fourth-order valence-electron chi connectivity index (χ4n) is 4.63. The summed E-state index contributed by atoms with van der Waals surface area (Å²) in [5, 5.41) is 10.8. The average molecular weight is 468 g/mol. The summed E-state index contributed by atoms with van der Waals surface area (Å²) >= 11 is 0. The Morgan fingerprint density at radius 2 is 2.03 bits per heavy atom. The first kappa shape index (κ1) is 22.7. The Hall–Kier alpha value is -4.10. The molecule has 0 atom stereocenters. The van der Waals surface area contributed by atoms with E-state index in [2.05, 4.69) is 43.0 Å². The summed E-state index contributed by atoms with van der Waals surface area (Å²) in [6, 6.07) is 13.9. The van der Waals surface area contributed by atoms with Gasteiger partial charge in [0.2, 0.25) is 5.95 Å². The number of nitrogens with zero attached hydrogens (tertiary/aromatic N) is 7. The fraction of sp³-hybridized carbons (Fsp3) is 0.346. The molecule has 1 saturated carbocycles. The molecule has 9 heteroatoms. The largest absolute Gasteiger partial charge is 0.382 e. The second kappa shape index (κ2) is 10.4. The minimum Gasteiger partial charge on any atom is -0.382 e. The van der Waals surface area contributed by atoms with Gasteiger partial charge in [0, 0.05) is 41.1 Å². The summed E-state index contributed by atoms with van der Waals surface area (Å²) in [5.74, 6) is 0.635. The van der Waals surface area contributed by atoms with Gasteiger partial charge < -0.3 is 10.6 Å². The maximum Gasteiger partial charge on any atom is 0.223 e. The molecule has 1 aliphatic rings. The molecular weight excluding hydrogens is 438 g/mol. The van der Waals surface area contributed by atoms with E-state index in [-0.39, 0.29) is 0 Å². The monoisotopic (exact) mass is 467 g/mol. The molecule has 178 valence electrons. The molecule has 3 heterocycles. The molecule has 3 aromatic heterocycles. The van der Waals surface area contributed by atoms with Crippen molar-refractivity contribution in [2.24, 2.45) is 5.11 Å². The predicted molar refractivity (Wildman–Crippen MR) is 140 cm³/mol. The summed E-state index contributed by atoms with van der Waals surface area (Å²) < 4.78 is 2.07. The van der Waals surface area contributed by atoms with Crippen LogP contribution in [0, 0.1) is 0 Å². The van der Waals surface area contributed by atoms with Crippen molar-refractivity contribution in [1.82, 2.24) is 19.4 Å². The molecule has 0 spiro atoms. The summed E-state index contributed by atoms with van der Waals surface area (Å²) in [7, 11) is 0. The van der Waals surface area contributed by atoms with E-state index in [9.17, 15) is 0 Å². The van der Waals surface area contributed by atoms with Gasteiger partial charge in [-0.1, -0.05) is 49.5 Å². The average Bonchev–Trinajstić information content (AvgIpc) is 3.53. The Labute approximate surface area is 204 Å². The number of aromatic nitrogens is 4. The SMILES string of the molecule is CCCCNc1cccn2c(-c3ccnc(NC4CCCC4)n3)c(-c3cccc(N=[N+]=[N-])c3)nc12. The molecule has 0 amide bonds. The van der Waals surface area contributed by atoms with Crippen LogP contribution in [0.1, 0.15) is 45.4 Å². The highest BCUT2D eigenvalue weighted by Gasteiger charge is 2.21. The number of hydrogen-bond donors (Lipinski definition) is 2. The van der Waals surface area contributed by atoms with Crippen molar-refractivity contribution in [2.45, 2.75) is 51.5 Å². The molecular formula is C26H29N9. The maximum atomic E-state index is 8.92. The highest BCUT2D eigenvalue weighted by molar-refractivity contribution is 5.85. The van der Waals surface area contributed by atoms with Crippen molar-refractivity contribution in [3.05, 3.63) is 65.3 Å². The topological polar surface area (TPSA) is 116 Å². The molecule has 0 bridgehead atoms. The van der Waals surface area contributed by atoms with Crippen molar-refractivity contribution in [1.29, 1.82) is 0 Å². The number of azide groups is 1. The minimum atomic E-state index is 0.418. The molecule has 2 N–H and O–H groups in total. The van der Waals surface area contributed by atoms with E-state index in [1.165, 1.54) is 12.8 Å². The van der Waals surface area contributed by atoms with Crippen LogP contribution >= 0.6 is 0 Å². The first-order valence-electron chi connectivity index (χ1n) is 12.3. The number of unbranched alkanes of at least 4 members (excludes halogenated alkanes) is 1. The highest BCUT2D eigenvalue weighted by Crippen LogP contribution is 2.35. The Bertz CT molecular complexity index is 1360. The number of anilines is 2. The van der Waals surface area contributed by atoms with Crippen LogP contribution in [0.3, 0.4) is 0 Å². The first-order chi connectivity index (χ1) is 17.3. The molecule has 0 unspecified atom stereocenters. The van der Waals surface area contributed by atoms with Gasteiger partial charge in [0.1, 0.15) is 0 Å². The second-order valence-electron chi connectivity index (χ2n) is 8.84. The van der Waals surface area contributed by atoms with Crippen LogP contribution in [-0.4, -0.2) is 31.9 Å². The normalized spacial score (nSPS) is 13.6. The Balaban J connectivity index is 1.65. The van der Waals surface area contributed by atoms with Gasteiger partial charge in [-0.2, -0.15) is 0 Å². The van der Waals surface area contributed by atoms with Gasteiger partial charge in [-0.15, -0.1) is 0 Å². The lowest BCUT2D eigenvalue weighted by Gasteiger charge is -2.13. The molecule has 9 nitrogen and oxygen atoms in total. The minimum absolute atomic E-state index is 0.418. The highest BCUT2D eigenvalue weighted by atomic mass is 15.1. The summed E-state index contributed by atoms with van der Waals surface area (Å²) in [6.45, 7) is 3.06. The van der Waals surface area contributed by atoms with Crippen LogP contribution in [0.4, 0.5) is 17.3 Å². The lowest BCUT2D eigenvalue weighted by Crippen LogP contribution is -2.16. The van der Waals surface area contributed by atoms with Crippen molar-refractivity contribution in [3.63, 3.8) is 0 Å². The zero-order valence-corrected chi connectivity index (χ0v) is 19.9. The lowest BCUT2D eigenvalue weighted by molar-refractivity contribution is 0.744. The van der Waals surface area contributed by atoms with E-state index >= 15 is 0 Å². The van der Waals surface area contributed by atoms with Gasteiger partial charge in [0.25, 0.3) is 0 Å². The van der Waals surface area contributed by atoms with E-state index < -0.39 is 0 Å². The molecule has 0 aliphatic heterocycles. The molecule has 5 rings (SSSR count). The number of rotatable bonds is 9. The van der Waals surface area contributed by atoms with E-state index in [4.69, 9.17) is 15.5 Å². The molecule has 1 aromatic carbocycles. The third-order valence-electron chi connectivity index (χ3n) is 6.36. The number of benzene rings is 1. The number of fused-ring (bicyclic) bond motifs is 1. The molecule has 4 aromatic rings. The third-order valence-corrected chi connectivity index (χ3v) is 6.36. The predicted octanol–water partition coefficient (Wildman–Crippen LogP) is 6.97. The van der Waals surface area contributed by atoms with Crippen LogP contribution in [-0.2, 0) is 0 Å². The van der Waals surface area contributed by atoms with Crippen LogP contribution in [0.25, 0.3) is 38.7 Å². The van der Waals surface area contributed by atoms with Crippen molar-refractivity contribution < 1.29 is 0 Å². The third kappa shape index (κ3) is 4.90. The Morgan fingerprint density at radius 1 is 1.14 bits per heavy atom. The zero-order chi connectivity index (χ0) is 24.0. The van der Waals surface area contributed by atoms with Gasteiger partial charge in [-0.3, -0.25) is 4.40 Å². The van der Waals surface area contributed by atoms with E-state index in [0.29, 0.717) is 17.7 Å². The Kier molecular flexibility index (Phi) is 6.77. The van der Waals surface area contributed by atoms with Crippen LogP contribution in [0.15, 0.2) is 60.0 Å². The number of hydrogen-bond acceptors (Lipinski definition) is 6. The van der Waals surface area contributed by atoms with Gasteiger partial charge in [-0.05, 0) is 49.1 Å². The van der Waals surface area contributed by atoms with Gasteiger partial charge >= 0.3 is 0 Å². The van der Waals surface area contributed by atoms with Crippen molar-refractivity contribution >= 4 is 23.0 Å². The van der Waals surface area contributed by atoms with Gasteiger partial charge in [0.05, 0.1) is 22.8 Å². The summed E-state index contributed by atoms with van der Waals surface area (Å²) in [5.41, 5.74) is 14.5. The van der Waals surface area contributed by atoms with Crippen molar-refractivity contribution in [3.8, 4) is 22.6 Å². The molecule has 1 fully saturated rings. The standard InChI is InChI=1S/C26H29N9/c1-2-3-14-28-22-12-7-16-35-24(21-13-15-29-26(31-21)30-19-9-4-5-10-19)23(32-25(22)35)18-8-6-11-20(17-18)33-34-27/h6-8,11-13,15-17,19,28H,2-5,9-10,14H2,1H3,(H,29,30,31). The smallest absolute Gasteiger partial charge is 0.223 e. The van der Waals surface area contributed by atoms with Crippen LogP contribution < -0.4 is 10.6 Å². The molecule has 35 heavy (non-hydrogen) atoms. The van der Waals surface area contributed by atoms with E-state index in [0.717, 1.165) is 66.2 Å². The Morgan fingerprint density at radius 3 is 2.86 bits per heavy atom. The fourth-order valence-corrected chi connectivity index (χ4v) is 4.63. The summed E-state index contributed by atoms with van der Waals surface area (Å²) in [6.07, 6.45) is 10.8. The first-order valence-corrected chi connectivity index (χ1v) is 12.3. The molecule has 1 aliphatic carbocycles. The van der Waals surface area contributed by atoms with Crippen LogP contribution in [0.2, 0.25) is 0 Å². The number of nitrogens with one attached hydrogen (secondary N) is 2. The molecule has 0 radical (unpaired) electrons. The van der Waals surface area contributed by atoms with E-state index in [1.54, 1.807) is 12.3 Å². The number of imidazole rings is 1. The second-order valence-corrected chi connectivity index (χ2v) is 8.84. The molecule has 0 saturated heterocycles.